The summed E-state index contributed by atoms with van der Waals surface area (Å²) in [6, 6.07) is 3.43. The number of amides is 1. The maximum atomic E-state index is 12.2. The van der Waals surface area contributed by atoms with E-state index in [1.54, 1.807) is 6.07 Å². The average Bonchev–Trinajstić information content (AvgIpc) is 3.08. The molecule has 5 heteroatoms. The van der Waals surface area contributed by atoms with Crippen LogP contribution in [0.2, 0.25) is 0 Å². The highest BCUT2D eigenvalue weighted by Crippen LogP contribution is 2.32. The van der Waals surface area contributed by atoms with E-state index in [0.717, 1.165) is 24.2 Å². The Bertz CT molecular complexity index is 497. The van der Waals surface area contributed by atoms with Crippen molar-refractivity contribution in [2.45, 2.75) is 32.7 Å². The van der Waals surface area contributed by atoms with E-state index in [-0.39, 0.29) is 11.9 Å². The Morgan fingerprint density at radius 1 is 1.50 bits per heavy atom. The van der Waals surface area contributed by atoms with Crippen molar-refractivity contribution in [2.75, 3.05) is 0 Å². The molecule has 3 N–H and O–H groups in total. The van der Waals surface area contributed by atoms with Crippen molar-refractivity contribution in [3.63, 3.8) is 0 Å². The molecule has 0 aromatic carbocycles. The second-order valence-electron chi connectivity index (χ2n) is 4.78. The number of rotatable bonds is 4. The predicted molar refractivity (Wildman–Crippen MR) is 74.5 cm³/mol. The van der Waals surface area contributed by atoms with E-state index >= 15 is 0 Å². The summed E-state index contributed by atoms with van der Waals surface area (Å²) >= 11 is 5.00. The second kappa shape index (κ2) is 5.02. The molecule has 1 amide bonds. The molecular formula is C13H17N3OS. The SMILES string of the molecule is Cc1ccc(C(=O)NC(C(N)=S)C2CC2)c(C)n1. The van der Waals surface area contributed by atoms with Crippen LogP contribution in [0.15, 0.2) is 12.1 Å². The van der Waals surface area contributed by atoms with E-state index in [4.69, 9.17) is 18.0 Å². The third kappa shape index (κ3) is 2.85. The maximum absolute atomic E-state index is 12.2. The molecule has 1 atom stereocenters. The lowest BCUT2D eigenvalue weighted by molar-refractivity contribution is 0.0943. The first-order chi connectivity index (χ1) is 8.49. The lowest BCUT2D eigenvalue weighted by Crippen LogP contribution is -2.45. The van der Waals surface area contributed by atoms with Gasteiger partial charge in [-0.1, -0.05) is 12.2 Å². The highest BCUT2D eigenvalue weighted by molar-refractivity contribution is 7.80. The van der Waals surface area contributed by atoms with E-state index in [9.17, 15) is 4.79 Å². The van der Waals surface area contributed by atoms with Crippen LogP contribution < -0.4 is 11.1 Å². The van der Waals surface area contributed by atoms with E-state index in [1.165, 1.54) is 0 Å². The van der Waals surface area contributed by atoms with Gasteiger partial charge in [0.25, 0.3) is 5.91 Å². The molecule has 96 valence electrons. The topological polar surface area (TPSA) is 68.0 Å². The molecule has 1 saturated carbocycles. The van der Waals surface area contributed by atoms with Gasteiger partial charge in [-0.15, -0.1) is 0 Å². The zero-order valence-corrected chi connectivity index (χ0v) is 11.4. The number of pyridine rings is 1. The van der Waals surface area contributed by atoms with Crippen molar-refractivity contribution in [3.8, 4) is 0 Å². The number of thiocarbonyl (C=S) groups is 1. The minimum absolute atomic E-state index is 0.148. The van der Waals surface area contributed by atoms with Gasteiger partial charge in [-0.2, -0.15) is 0 Å². The highest BCUT2D eigenvalue weighted by Gasteiger charge is 2.34. The number of nitrogens with two attached hydrogens (primary N) is 1. The Balaban J connectivity index is 2.13. The number of hydrogen-bond donors (Lipinski definition) is 2. The van der Waals surface area contributed by atoms with Crippen LogP contribution in [-0.2, 0) is 0 Å². The highest BCUT2D eigenvalue weighted by atomic mass is 32.1. The summed E-state index contributed by atoms with van der Waals surface area (Å²) in [5.41, 5.74) is 7.88. The molecule has 0 aliphatic heterocycles. The summed E-state index contributed by atoms with van der Waals surface area (Å²) in [5, 5.41) is 2.91. The van der Waals surface area contributed by atoms with E-state index in [2.05, 4.69) is 10.3 Å². The number of carbonyl (C=O) groups is 1. The minimum Gasteiger partial charge on any atom is -0.392 e. The third-order valence-electron chi connectivity index (χ3n) is 3.16. The van der Waals surface area contributed by atoms with E-state index in [0.29, 0.717) is 16.5 Å². The van der Waals surface area contributed by atoms with E-state index < -0.39 is 0 Å². The molecule has 2 rings (SSSR count). The monoisotopic (exact) mass is 263 g/mol. The van der Waals surface area contributed by atoms with Gasteiger partial charge in [0.05, 0.1) is 22.3 Å². The Morgan fingerprint density at radius 3 is 2.67 bits per heavy atom. The molecule has 0 bridgehead atoms. The summed E-state index contributed by atoms with van der Waals surface area (Å²) in [7, 11) is 0. The molecule has 0 spiro atoms. The molecule has 1 heterocycles. The Hall–Kier alpha value is -1.49. The van der Waals surface area contributed by atoms with Crippen LogP contribution in [0.25, 0.3) is 0 Å². The molecule has 1 aliphatic rings. The van der Waals surface area contributed by atoms with Crippen LogP contribution in [0.3, 0.4) is 0 Å². The van der Waals surface area contributed by atoms with Gasteiger partial charge in [-0.05, 0) is 44.7 Å². The molecule has 1 aliphatic carbocycles. The van der Waals surface area contributed by atoms with Crippen molar-refractivity contribution in [3.05, 3.63) is 29.1 Å². The van der Waals surface area contributed by atoms with Crippen LogP contribution in [0.4, 0.5) is 0 Å². The molecular weight excluding hydrogens is 246 g/mol. The fraction of sp³-hybridized carbons (Fsp3) is 0.462. The van der Waals surface area contributed by atoms with Gasteiger partial charge < -0.3 is 11.1 Å². The smallest absolute Gasteiger partial charge is 0.253 e. The van der Waals surface area contributed by atoms with E-state index in [1.807, 2.05) is 19.9 Å². The standard InChI is InChI=1S/C13H17N3OS/c1-7-3-6-10(8(2)15-7)13(17)16-11(12(14)18)9-4-5-9/h3,6,9,11H,4-5H2,1-2H3,(H2,14,18)(H,16,17). The number of carbonyl (C=O) groups excluding carboxylic acids is 1. The number of aromatic nitrogens is 1. The summed E-state index contributed by atoms with van der Waals surface area (Å²) in [6.45, 7) is 3.73. The fourth-order valence-corrected chi connectivity index (χ4v) is 2.25. The quantitative estimate of drug-likeness (QED) is 0.808. The van der Waals surface area contributed by atoms with Gasteiger partial charge in [-0.25, -0.2) is 0 Å². The van der Waals surface area contributed by atoms with Gasteiger partial charge in [0.1, 0.15) is 0 Å². The average molecular weight is 263 g/mol. The minimum atomic E-state index is -0.187. The molecule has 4 nitrogen and oxygen atoms in total. The summed E-state index contributed by atoms with van der Waals surface area (Å²) in [5.74, 6) is 0.259. The first-order valence-corrected chi connectivity index (χ1v) is 6.44. The number of nitrogens with zero attached hydrogens (tertiary/aromatic N) is 1. The summed E-state index contributed by atoms with van der Waals surface area (Å²) in [6.07, 6.45) is 2.15. The van der Waals surface area contributed by atoms with Gasteiger partial charge in [-0.3, -0.25) is 9.78 Å². The molecule has 1 aromatic heterocycles. The van der Waals surface area contributed by atoms with Crippen LogP contribution in [-0.4, -0.2) is 21.9 Å². The Kier molecular flexibility index (Phi) is 3.61. The van der Waals surface area contributed by atoms with Gasteiger partial charge in [0.15, 0.2) is 0 Å². The van der Waals surface area contributed by atoms with Crippen molar-refractivity contribution >= 4 is 23.1 Å². The molecule has 0 saturated heterocycles. The van der Waals surface area contributed by atoms with Gasteiger partial charge in [0.2, 0.25) is 0 Å². The molecule has 1 fully saturated rings. The second-order valence-corrected chi connectivity index (χ2v) is 5.25. The molecule has 1 unspecified atom stereocenters. The maximum Gasteiger partial charge on any atom is 0.253 e. The van der Waals surface area contributed by atoms with Gasteiger partial charge >= 0.3 is 0 Å². The Morgan fingerprint density at radius 2 is 2.17 bits per heavy atom. The van der Waals surface area contributed by atoms with Crippen molar-refractivity contribution in [1.82, 2.24) is 10.3 Å². The molecule has 0 radical (unpaired) electrons. The van der Waals surface area contributed by atoms with Crippen LogP contribution in [0.5, 0.6) is 0 Å². The number of hydrogen-bond acceptors (Lipinski definition) is 3. The number of nitrogens with one attached hydrogen (secondary N) is 1. The van der Waals surface area contributed by atoms with Crippen molar-refractivity contribution in [1.29, 1.82) is 0 Å². The summed E-state index contributed by atoms with van der Waals surface area (Å²) in [4.78, 5) is 16.8. The number of aryl methyl sites for hydroxylation is 2. The summed E-state index contributed by atoms with van der Waals surface area (Å²) < 4.78 is 0. The largest absolute Gasteiger partial charge is 0.392 e. The third-order valence-corrected chi connectivity index (χ3v) is 3.41. The van der Waals surface area contributed by atoms with Crippen molar-refractivity contribution in [2.24, 2.45) is 11.7 Å². The Labute approximate surface area is 112 Å². The zero-order valence-electron chi connectivity index (χ0n) is 10.6. The fourth-order valence-electron chi connectivity index (χ4n) is 2.00. The molecule has 1 aromatic rings. The first-order valence-electron chi connectivity index (χ1n) is 6.03. The first kappa shape index (κ1) is 13.0. The lowest BCUT2D eigenvalue weighted by Gasteiger charge is -2.17. The predicted octanol–water partition coefficient (Wildman–Crippen LogP) is 1.49. The normalized spacial score (nSPS) is 16.1. The van der Waals surface area contributed by atoms with Gasteiger partial charge in [0, 0.05) is 5.69 Å². The van der Waals surface area contributed by atoms with Crippen LogP contribution in [0.1, 0.15) is 34.6 Å². The van der Waals surface area contributed by atoms with Crippen molar-refractivity contribution < 1.29 is 4.79 Å². The lowest BCUT2D eigenvalue weighted by atomic mass is 10.1. The zero-order chi connectivity index (χ0) is 13.3. The van der Waals surface area contributed by atoms with Crippen LogP contribution in [0, 0.1) is 19.8 Å². The molecule has 18 heavy (non-hydrogen) atoms. The van der Waals surface area contributed by atoms with Crippen LogP contribution >= 0.6 is 12.2 Å².